The molecular weight excluding hydrogens is 246 g/mol. The van der Waals surface area contributed by atoms with Crippen LogP contribution in [-0.2, 0) is 20.9 Å². The van der Waals surface area contributed by atoms with Gasteiger partial charge in [0.05, 0.1) is 6.61 Å². The second-order valence-electron chi connectivity index (χ2n) is 4.27. The van der Waals surface area contributed by atoms with E-state index in [0.717, 1.165) is 5.56 Å². The summed E-state index contributed by atoms with van der Waals surface area (Å²) in [5, 5.41) is 11.0. The number of ether oxygens (including phenoxy) is 1. The van der Waals surface area contributed by atoms with Crippen LogP contribution in [0, 0.1) is 0 Å². The summed E-state index contributed by atoms with van der Waals surface area (Å²) >= 11 is 0. The first-order chi connectivity index (χ1) is 9.09. The fourth-order valence-electron chi connectivity index (χ4n) is 1.47. The van der Waals surface area contributed by atoms with Crippen molar-refractivity contribution in [2.45, 2.75) is 32.4 Å². The number of aliphatic carboxylic acids is 1. The van der Waals surface area contributed by atoms with Gasteiger partial charge in [0.25, 0.3) is 0 Å². The van der Waals surface area contributed by atoms with Crippen LogP contribution in [0.3, 0.4) is 0 Å². The van der Waals surface area contributed by atoms with E-state index in [1.54, 1.807) is 0 Å². The Morgan fingerprint density at radius 3 is 2.63 bits per heavy atom. The van der Waals surface area contributed by atoms with Gasteiger partial charge in [0.2, 0.25) is 5.91 Å². The monoisotopic (exact) mass is 265 g/mol. The van der Waals surface area contributed by atoms with Crippen LogP contribution >= 0.6 is 0 Å². The molecule has 1 amide bonds. The molecule has 0 aromatic heterocycles. The first-order valence-electron chi connectivity index (χ1n) is 6.23. The van der Waals surface area contributed by atoms with Crippen LogP contribution in [0.1, 0.15) is 25.3 Å². The number of rotatable bonds is 8. The minimum atomic E-state index is -1.03. The van der Waals surface area contributed by atoms with E-state index < -0.39 is 12.0 Å². The number of nitrogens with one attached hydrogen (secondary N) is 1. The molecular formula is C14H19NO4. The average Bonchev–Trinajstić information content (AvgIpc) is 2.39. The molecule has 1 aromatic rings. The predicted molar refractivity (Wildman–Crippen MR) is 70.6 cm³/mol. The second-order valence-corrected chi connectivity index (χ2v) is 4.27. The van der Waals surface area contributed by atoms with Crippen LogP contribution in [0.4, 0.5) is 0 Å². The average molecular weight is 265 g/mol. The van der Waals surface area contributed by atoms with Gasteiger partial charge < -0.3 is 15.2 Å². The van der Waals surface area contributed by atoms with E-state index in [1.807, 2.05) is 30.3 Å². The molecule has 1 rings (SSSR count). The highest BCUT2D eigenvalue weighted by Crippen LogP contribution is 2.01. The highest BCUT2D eigenvalue weighted by molar-refractivity contribution is 5.83. The van der Waals surface area contributed by atoms with Gasteiger partial charge in [-0.2, -0.15) is 0 Å². The molecule has 0 bridgehead atoms. The summed E-state index contributed by atoms with van der Waals surface area (Å²) in [5.74, 6) is -1.30. The summed E-state index contributed by atoms with van der Waals surface area (Å²) in [5.41, 5.74) is 1.09. The van der Waals surface area contributed by atoms with Crippen molar-refractivity contribution >= 4 is 11.9 Å². The molecule has 0 heterocycles. The fraction of sp³-hybridized carbons (Fsp3) is 0.429. The molecule has 0 aliphatic carbocycles. The van der Waals surface area contributed by atoms with Crippen LogP contribution in [0.5, 0.6) is 0 Å². The molecule has 0 aliphatic heterocycles. The summed E-state index contributed by atoms with van der Waals surface area (Å²) in [4.78, 5) is 21.9. The number of amides is 1. The molecule has 5 heteroatoms. The van der Waals surface area contributed by atoms with E-state index in [1.165, 1.54) is 6.92 Å². The van der Waals surface area contributed by atoms with Crippen molar-refractivity contribution in [3.8, 4) is 0 Å². The molecule has 0 saturated carbocycles. The zero-order valence-electron chi connectivity index (χ0n) is 11.0. The maximum atomic E-state index is 11.4. The Labute approximate surface area is 112 Å². The van der Waals surface area contributed by atoms with Gasteiger partial charge in [-0.3, -0.25) is 9.59 Å². The topological polar surface area (TPSA) is 75.6 Å². The van der Waals surface area contributed by atoms with Crippen LogP contribution < -0.4 is 5.32 Å². The SMILES string of the molecule is C[C@@H](NC(=O)CCCOCc1ccccc1)C(=O)O. The zero-order chi connectivity index (χ0) is 14.1. The van der Waals surface area contributed by atoms with Crippen LogP contribution in [0.15, 0.2) is 30.3 Å². The third kappa shape index (κ3) is 6.57. The molecule has 19 heavy (non-hydrogen) atoms. The van der Waals surface area contributed by atoms with Gasteiger partial charge in [0, 0.05) is 13.0 Å². The van der Waals surface area contributed by atoms with Gasteiger partial charge in [-0.25, -0.2) is 0 Å². The van der Waals surface area contributed by atoms with E-state index >= 15 is 0 Å². The molecule has 0 fully saturated rings. The standard InChI is InChI=1S/C14H19NO4/c1-11(14(17)18)15-13(16)8-5-9-19-10-12-6-3-2-4-7-12/h2-4,6-7,11H,5,8-10H2,1H3,(H,15,16)(H,17,18)/t11-/m1/s1. The lowest BCUT2D eigenvalue weighted by molar-refractivity contribution is -0.141. The first-order valence-corrected chi connectivity index (χ1v) is 6.23. The molecule has 0 unspecified atom stereocenters. The van der Waals surface area contributed by atoms with Crippen LogP contribution in [-0.4, -0.2) is 29.6 Å². The quantitative estimate of drug-likeness (QED) is 0.700. The summed E-state index contributed by atoms with van der Waals surface area (Å²) in [7, 11) is 0. The molecule has 5 nitrogen and oxygen atoms in total. The van der Waals surface area contributed by atoms with Crippen LogP contribution in [0.2, 0.25) is 0 Å². The van der Waals surface area contributed by atoms with Crippen molar-refractivity contribution in [1.82, 2.24) is 5.32 Å². The molecule has 1 aromatic carbocycles. The Morgan fingerprint density at radius 1 is 1.32 bits per heavy atom. The molecule has 2 N–H and O–H groups in total. The smallest absolute Gasteiger partial charge is 0.325 e. The van der Waals surface area contributed by atoms with Crippen molar-refractivity contribution < 1.29 is 19.4 Å². The van der Waals surface area contributed by atoms with E-state index in [-0.39, 0.29) is 12.3 Å². The maximum absolute atomic E-state index is 11.4. The third-order valence-electron chi connectivity index (χ3n) is 2.55. The maximum Gasteiger partial charge on any atom is 0.325 e. The number of carboxylic acids is 1. The van der Waals surface area contributed by atoms with Gasteiger partial charge in [-0.15, -0.1) is 0 Å². The highest BCUT2D eigenvalue weighted by atomic mass is 16.5. The van der Waals surface area contributed by atoms with Crippen molar-refractivity contribution in [3.05, 3.63) is 35.9 Å². The van der Waals surface area contributed by atoms with Gasteiger partial charge in [-0.1, -0.05) is 30.3 Å². The minimum absolute atomic E-state index is 0.266. The molecule has 1 atom stereocenters. The second kappa shape index (κ2) is 8.26. The Kier molecular flexibility index (Phi) is 6.60. The number of hydrogen-bond acceptors (Lipinski definition) is 3. The van der Waals surface area contributed by atoms with Crippen molar-refractivity contribution in [2.75, 3.05) is 6.61 Å². The van der Waals surface area contributed by atoms with E-state index in [9.17, 15) is 9.59 Å². The Hall–Kier alpha value is -1.88. The fourth-order valence-corrected chi connectivity index (χ4v) is 1.47. The number of benzene rings is 1. The first kappa shape index (κ1) is 15.2. The zero-order valence-corrected chi connectivity index (χ0v) is 11.0. The van der Waals surface area contributed by atoms with Gasteiger partial charge in [0.1, 0.15) is 6.04 Å². The van der Waals surface area contributed by atoms with E-state index in [0.29, 0.717) is 19.6 Å². The minimum Gasteiger partial charge on any atom is -0.480 e. The largest absolute Gasteiger partial charge is 0.480 e. The molecule has 0 radical (unpaired) electrons. The third-order valence-corrected chi connectivity index (χ3v) is 2.55. The summed E-state index contributed by atoms with van der Waals surface area (Å²) in [6.45, 7) is 2.43. The van der Waals surface area contributed by atoms with Gasteiger partial charge in [-0.05, 0) is 18.9 Å². The van der Waals surface area contributed by atoms with Gasteiger partial charge >= 0.3 is 5.97 Å². The molecule has 0 aliphatic rings. The molecule has 104 valence electrons. The van der Waals surface area contributed by atoms with E-state index in [4.69, 9.17) is 9.84 Å². The van der Waals surface area contributed by atoms with Gasteiger partial charge in [0.15, 0.2) is 0 Å². The van der Waals surface area contributed by atoms with Crippen molar-refractivity contribution in [1.29, 1.82) is 0 Å². The lowest BCUT2D eigenvalue weighted by Gasteiger charge is -2.09. The lowest BCUT2D eigenvalue weighted by Crippen LogP contribution is -2.38. The van der Waals surface area contributed by atoms with E-state index in [2.05, 4.69) is 5.32 Å². The number of hydrogen-bond donors (Lipinski definition) is 2. The van der Waals surface area contributed by atoms with Crippen LogP contribution in [0.25, 0.3) is 0 Å². The summed E-state index contributed by atoms with van der Waals surface area (Å²) < 4.78 is 5.43. The summed E-state index contributed by atoms with van der Waals surface area (Å²) in [6.07, 6.45) is 0.845. The Balaban J connectivity index is 2.08. The number of carbonyl (C=O) groups is 2. The highest BCUT2D eigenvalue weighted by Gasteiger charge is 2.13. The molecule has 0 saturated heterocycles. The molecule has 0 spiro atoms. The lowest BCUT2D eigenvalue weighted by atomic mass is 10.2. The Morgan fingerprint density at radius 2 is 2.00 bits per heavy atom. The van der Waals surface area contributed by atoms with Crippen molar-refractivity contribution in [2.24, 2.45) is 0 Å². The van der Waals surface area contributed by atoms with Crippen molar-refractivity contribution in [3.63, 3.8) is 0 Å². The summed E-state index contributed by atoms with van der Waals surface area (Å²) in [6, 6.07) is 8.93. The predicted octanol–water partition coefficient (Wildman–Crippen LogP) is 1.57. The normalized spacial score (nSPS) is 11.8. The number of carbonyl (C=O) groups excluding carboxylic acids is 1. The number of carboxylic acid groups (broad SMARTS) is 1. The Bertz CT molecular complexity index is 405.